The second kappa shape index (κ2) is 48.5. The Bertz CT molecular complexity index is 1150. The van der Waals surface area contributed by atoms with E-state index in [1.165, 1.54) is 135 Å². The Morgan fingerprint density at radius 3 is 1.23 bits per heavy atom. The van der Waals surface area contributed by atoms with Crippen LogP contribution in [0.4, 0.5) is 0 Å². The number of phosphoric acid groups is 1. The van der Waals surface area contributed by atoms with E-state index in [0.717, 1.165) is 90.6 Å². The van der Waals surface area contributed by atoms with E-state index >= 15 is 0 Å². The minimum Gasteiger partial charge on any atom is -0.462 e. The second-order valence-corrected chi connectivity index (χ2v) is 18.8. The van der Waals surface area contributed by atoms with Crippen molar-refractivity contribution in [2.45, 2.75) is 258 Å². The summed E-state index contributed by atoms with van der Waals surface area (Å²) in [5, 5.41) is 0. The topological polar surface area (TPSA) is 108 Å². The highest BCUT2D eigenvalue weighted by molar-refractivity contribution is 7.47. The van der Waals surface area contributed by atoms with Crippen molar-refractivity contribution < 1.29 is 37.6 Å². The van der Waals surface area contributed by atoms with E-state index < -0.39 is 26.5 Å². The number of carbonyl (C=O) groups excluding carboxylic acids is 2. The standard InChI is InChI=1S/C53H97O8P/c1-4-6-8-10-12-14-16-18-20-22-24-25-26-27-28-30-31-33-35-37-39-41-43-45-47-52(54)59-49-51(50-60-62(56,57)58-3)61-53(55)48-46-44-42-40-38-36-34-32-29-23-21-19-17-15-13-11-9-7-5-2/h7,9,13,15,19,21,29,32,51H,4-6,8,10-12,14,16-18,20,22-28,30-31,33-50H2,1-3H3,(H,56,57)/b9-7-,15-13-,21-19-,32-29-. The van der Waals surface area contributed by atoms with E-state index in [2.05, 4.69) is 67.0 Å². The summed E-state index contributed by atoms with van der Waals surface area (Å²) in [5.74, 6) is -0.810. The van der Waals surface area contributed by atoms with Crippen LogP contribution in [0, 0.1) is 0 Å². The quantitative estimate of drug-likeness (QED) is 0.0278. The van der Waals surface area contributed by atoms with Crippen molar-refractivity contribution in [2.75, 3.05) is 20.3 Å². The summed E-state index contributed by atoms with van der Waals surface area (Å²) >= 11 is 0. The van der Waals surface area contributed by atoms with Gasteiger partial charge in [-0.1, -0.05) is 236 Å². The van der Waals surface area contributed by atoms with E-state index in [1.54, 1.807) is 0 Å². The molecule has 8 nitrogen and oxygen atoms in total. The van der Waals surface area contributed by atoms with Gasteiger partial charge in [0, 0.05) is 20.0 Å². The van der Waals surface area contributed by atoms with Crippen molar-refractivity contribution >= 4 is 19.8 Å². The molecule has 0 aromatic carbocycles. The maximum Gasteiger partial charge on any atom is 0.472 e. The summed E-state index contributed by atoms with van der Waals surface area (Å²) in [7, 11) is -3.21. The van der Waals surface area contributed by atoms with E-state index in [4.69, 9.17) is 14.0 Å². The highest BCUT2D eigenvalue weighted by Crippen LogP contribution is 2.42. The van der Waals surface area contributed by atoms with Gasteiger partial charge in [-0.15, -0.1) is 0 Å². The zero-order chi connectivity index (χ0) is 45.3. The van der Waals surface area contributed by atoms with Gasteiger partial charge in [-0.25, -0.2) is 4.57 Å². The summed E-state index contributed by atoms with van der Waals surface area (Å²) in [6, 6.07) is 0. The van der Waals surface area contributed by atoms with Crippen LogP contribution in [0.2, 0.25) is 0 Å². The molecule has 362 valence electrons. The molecule has 9 heteroatoms. The number of allylic oxidation sites excluding steroid dienone is 8. The van der Waals surface area contributed by atoms with E-state index in [9.17, 15) is 19.0 Å². The van der Waals surface area contributed by atoms with Crippen LogP contribution >= 0.6 is 7.82 Å². The van der Waals surface area contributed by atoms with Gasteiger partial charge in [-0.2, -0.15) is 0 Å². The lowest BCUT2D eigenvalue weighted by Crippen LogP contribution is -2.29. The van der Waals surface area contributed by atoms with Crippen molar-refractivity contribution in [1.82, 2.24) is 0 Å². The Labute approximate surface area is 382 Å². The van der Waals surface area contributed by atoms with Gasteiger partial charge in [-0.05, 0) is 51.4 Å². The molecule has 0 heterocycles. The summed E-state index contributed by atoms with van der Waals surface area (Å²) < 4.78 is 32.1. The molecule has 0 saturated heterocycles. The van der Waals surface area contributed by atoms with Crippen LogP contribution in [0.3, 0.4) is 0 Å². The van der Waals surface area contributed by atoms with E-state index in [1.807, 2.05) is 0 Å². The minimum atomic E-state index is -4.27. The first-order valence-electron chi connectivity index (χ1n) is 25.8. The molecule has 0 bridgehead atoms. The van der Waals surface area contributed by atoms with Gasteiger partial charge in [0.2, 0.25) is 0 Å². The van der Waals surface area contributed by atoms with Crippen LogP contribution in [-0.4, -0.2) is 43.3 Å². The van der Waals surface area contributed by atoms with E-state index in [-0.39, 0.29) is 19.0 Å². The van der Waals surface area contributed by atoms with Crippen molar-refractivity contribution in [1.29, 1.82) is 0 Å². The molecule has 0 aliphatic heterocycles. The lowest BCUT2D eigenvalue weighted by atomic mass is 10.0. The molecule has 0 rings (SSSR count). The molecule has 0 aliphatic rings. The Morgan fingerprint density at radius 1 is 0.468 bits per heavy atom. The van der Waals surface area contributed by atoms with Gasteiger partial charge >= 0.3 is 19.8 Å². The third-order valence-corrected chi connectivity index (χ3v) is 12.3. The highest BCUT2D eigenvalue weighted by Gasteiger charge is 2.24. The molecule has 0 aromatic rings. The Balaban J connectivity index is 3.88. The fourth-order valence-corrected chi connectivity index (χ4v) is 7.88. The molecule has 62 heavy (non-hydrogen) atoms. The second-order valence-electron chi connectivity index (χ2n) is 17.3. The van der Waals surface area contributed by atoms with Gasteiger partial charge in [0.05, 0.1) is 6.61 Å². The molecular weight excluding hydrogens is 796 g/mol. The lowest BCUT2D eigenvalue weighted by Gasteiger charge is -2.19. The van der Waals surface area contributed by atoms with Crippen LogP contribution in [-0.2, 0) is 32.7 Å². The molecule has 0 saturated carbocycles. The number of ether oxygens (including phenoxy) is 2. The van der Waals surface area contributed by atoms with Gasteiger partial charge in [0.25, 0.3) is 0 Å². The average molecular weight is 893 g/mol. The molecular formula is C53H97O8P. The van der Waals surface area contributed by atoms with Gasteiger partial charge in [-0.3, -0.25) is 18.6 Å². The normalized spacial score (nSPS) is 13.5. The van der Waals surface area contributed by atoms with Crippen molar-refractivity contribution in [3.8, 4) is 0 Å². The zero-order valence-electron chi connectivity index (χ0n) is 40.5. The van der Waals surface area contributed by atoms with Gasteiger partial charge in [0.1, 0.15) is 6.61 Å². The van der Waals surface area contributed by atoms with Crippen LogP contribution in [0.1, 0.15) is 251 Å². The third kappa shape index (κ3) is 47.5. The van der Waals surface area contributed by atoms with Crippen molar-refractivity contribution in [2.24, 2.45) is 0 Å². The number of hydrogen-bond donors (Lipinski definition) is 1. The van der Waals surface area contributed by atoms with Crippen LogP contribution < -0.4 is 0 Å². The molecule has 0 aliphatic carbocycles. The number of hydrogen-bond acceptors (Lipinski definition) is 7. The molecule has 0 radical (unpaired) electrons. The SMILES string of the molecule is CC/C=C\C/C=C\C/C=C\C/C=C\CCCCCCCCC(=O)OC(COC(=O)CCCCCCCCCCCCCCCCCCCCCCCCCC)COP(=O)(O)OC. The maximum absolute atomic E-state index is 12.6. The Morgan fingerprint density at radius 2 is 0.823 bits per heavy atom. The zero-order valence-corrected chi connectivity index (χ0v) is 41.4. The molecule has 2 atom stereocenters. The smallest absolute Gasteiger partial charge is 0.462 e. The number of phosphoric ester groups is 1. The first-order chi connectivity index (χ1) is 30.3. The summed E-state index contributed by atoms with van der Waals surface area (Å²) in [6.45, 7) is 3.80. The van der Waals surface area contributed by atoms with Gasteiger partial charge < -0.3 is 14.4 Å². The predicted octanol–water partition coefficient (Wildman–Crippen LogP) is 16.9. The fraction of sp³-hybridized carbons (Fsp3) is 0.811. The van der Waals surface area contributed by atoms with Crippen LogP contribution in [0.15, 0.2) is 48.6 Å². The van der Waals surface area contributed by atoms with Crippen molar-refractivity contribution in [3.63, 3.8) is 0 Å². The molecule has 0 aromatic heterocycles. The molecule has 0 fully saturated rings. The number of unbranched alkanes of at least 4 members (excludes halogenated alkanes) is 29. The summed E-state index contributed by atoms with van der Waals surface area (Å²) in [6.07, 6.45) is 60.4. The fourth-order valence-electron chi connectivity index (χ4n) is 7.42. The first-order valence-corrected chi connectivity index (χ1v) is 27.3. The molecule has 2 unspecified atom stereocenters. The third-order valence-electron chi connectivity index (χ3n) is 11.3. The average Bonchev–Trinajstić information content (AvgIpc) is 3.26. The predicted molar refractivity (Wildman–Crippen MR) is 262 cm³/mol. The Hall–Kier alpha value is -1.99. The minimum absolute atomic E-state index is 0.229. The largest absolute Gasteiger partial charge is 0.472 e. The van der Waals surface area contributed by atoms with Gasteiger partial charge in [0.15, 0.2) is 6.10 Å². The molecule has 0 amide bonds. The van der Waals surface area contributed by atoms with Crippen LogP contribution in [0.5, 0.6) is 0 Å². The number of carbonyl (C=O) groups is 2. The lowest BCUT2D eigenvalue weighted by molar-refractivity contribution is -0.161. The number of rotatable bonds is 48. The first kappa shape index (κ1) is 60.0. The molecule has 0 spiro atoms. The molecule has 1 N–H and O–H groups in total. The highest BCUT2D eigenvalue weighted by atomic mass is 31.2. The van der Waals surface area contributed by atoms with Crippen LogP contribution in [0.25, 0.3) is 0 Å². The summed E-state index contributed by atoms with van der Waals surface area (Å²) in [4.78, 5) is 34.7. The Kier molecular flexibility index (Phi) is 46.9. The monoisotopic (exact) mass is 893 g/mol. The number of esters is 2. The maximum atomic E-state index is 12.6. The van der Waals surface area contributed by atoms with Crippen molar-refractivity contribution in [3.05, 3.63) is 48.6 Å². The summed E-state index contributed by atoms with van der Waals surface area (Å²) in [5.41, 5.74) is 0. The van der Waals surface area contributed by atoms with E-state index in [0.29, 0.717) is 12.8 Å².